The van der Waals surface area contributed by atoms with Gasteiger partial charge in [-0.15, -0.1) is 0 Å². The topological polar surface area (TPSA) is 12.0 Å². The van der Waals surface area contributed by atoms with Gasteiger partial charge in [-0.2, -0.15) is 0 Å². The second-order valence-corrected chi connectivity index (χ2v) is 6.13. The van der Waals surface area contributed by atoms with Crippen LogP contribution in [0.25, 0.3) is 0 Å². The Morgan fingerprint density at radius 2 is 1.79 bits per heavy atom. The van der Waals surface area contributed by atoms with Crippen LogP contribution in [0.3, 0.4) is 0 Å². The van der Waals surface area contributed by atoms with Crippen molar-refractivity contribution in [3.05, 3.63) is 62.7 Å². The number of aryl methyl sites for hydroxylation is 2. The Bertz CT molecular complexity index is 546. The first-order chi connectivity index (χ1) is 9.11. The average molecular weight is 365 g/mol. The van der Waals surface area contributed by atoms with Crippen molar-refractivity contribution < 1.29 is 0 Å². The average Bonchev–Trinajstić information content (AvgIpc) is 2.41. The van der Waals surface area contributed by atoms with Crippen molar-refractivity contribution in [1.82, 2.24) is 0 Å². The molecule has 1 N–H and O–H groups in total. The SMILES string of the molecule is CCc1cccc(C)c1NC(C)c1ccc(I)cc1. The van der Waals surface area contributed by atoms with Crippen molar-refractivity contribution in [2.45, 2.75) is 33.2 Å². The zero-order valence-corrected chi connectivity index (χ0v) is 13.9. The van der Waals surface area contributed by atoms with E-state index in [0.717, 1.165) is 6.42 Å². The molecular formula is C17H20IN. The molecule has 2 rings (SSSR count). The molecule has 2 heteroatoms. The summed E-state index contributed by atoms with van der Waals surface area (Å²) in [5, 5.41) is 3.66. The second-order valence-electron chi connectivity index (χ2n) is 4.88. The molecule has 0 heterocycles. The zero-order chi connectivity index (χ0) is 13.8. The van der Waals surface area contributed by atoms with Crippen LogP contribution in [0.5, 0.6) is 0 Å². The van der Waals surface area contributed by atoms with Gasteiger partial charge in [0.05, 0.1) is 0 Å². The summed E-state index contributed by atoms with van der Waals surface area (Å²) >= 11 is 2.34. The third-order valence-electron chi connectivity index (χ3n) is 3.47. The largest absolute Gasteiger partial charge is 0.378 e. The lowest BCUT2D eigenvalue weighted by atomic mass is 10.0. The van der Waals surface area contributed by atoms with Crippen LogP contribution >= 0.6 is 22.6 Å². The molecule has 0 aliphatic heterocycles. The smallest absolute Gasteiger partial charge is 0.0485 e. The molecule has 1 atom stereocenters. The summed E-state index contributed by atoms with van der Waals surface area (Å²) in [6, 6.07) is 15.5. The number of nitrogens with one attached hydrogen (secondary N) is 1. The van der Waals surface area contributed by atoms with Gasteiger partial charge in [0, 0.05) is 15.3 Å². The molecule has 2 aromatic carbocycles. The maximum atomic E-state index is 3.66. The van der Waals surface area contributed by atoms with Gasteiger partial charge in [0.1, 0.15) is 0 Å². The monoisotopic (exact) mass is 365 g/mol. The quantitative estimate of drug-likeness (QED) is 0.722. The highest BCUT2D eigenvalue weighted by atomic mass is 127. The van der Waals surface area contributed by atoms with Crippen molar-refractivity contribution in [3.8, 4) is 0 Å². The highest BCUT2D eigenvalue weighted by Gasteiger charge is 2.09. The molecule has 0 fully saturated rings. The summed E-state index contributed by atoms with van der Waals surface area (Å²) in [5.74, 6) is 0. The summed E-state index contributed by atoms with van der Waals surface area (Å²) in [7, 11) is 0. The van der Waals surface area contributed by atoms with Gasteiger partial charge in [-0.25, -0.2) is 0 Å². The van der Waals surface area contributed by atoms with E-state index in [0.29, 0.717) is 6.04 Å². The first-order valence-corrected chi connectivity index (χ1v) is 7.80. The van der Waals surface area contributed by atoms with Gasteiger partial charge >= 0.3 is 0 Å². The predicted molar refractivity (Wildman–Crippen MR) is 91.8 cm³/mol. The lowest BCUT2D eigenvalue weighted by molar-refractivity contribution is 0.876. The van der Waals surface area contributed by atoms with Gasteiger partial charge in [-0.3, -0.25) is 0 Å². The van der Waals surface area contributed by atoms with Gasteiger partial charge in [0.2, 0.25) is 0 Å². The minimum absolute atomic E-state index is 0.323. The number of benzene rings is 2. The van der Waals surface area contributed by atoms with E-state index in [9.17, 15) is 0 Å². The Morgan fingerprint density at radius 1 is 1.11 bits per heavy atom. The maximum absolute atomic E-state index is 3.66. The number of rotatable bonds is 4. The van der Waals surface area contributed by atoms with E-state index < -0.39 is 0 Å². The summed E-state index contributed by atoms with van der Waals surface area (Å²) in [5.41, 5.74) is 5.32. The molecule has 0 bridgehead atoms. The molecule has 0 aliphatic carbocycles. The van der Waals surface area contributed by atoms with Crippen LogP contribution in [0.15, 0.2) is 42.5 Å². The molecule has 2 aromatic rings. The molecule has 1 unspecified atom stereocenters. The molecule has 0 saturated heterocycles. The van der Waals surface area contributed by atoms with Crippen LogP contribution in [0.2, 0.25) is 0 Å². The second kappa shape index (κ2) is 6.42. The third-order valence-corrected chi connectivity index (χ3v) is 4.19. The fourth-order valence-corrected chi connectivity index (χ4v) is 2.64. The lowest BCUT2D eigenvalue weighted by Gasteiger charge is -2.20. The van der Waals surface area contributed by atoms with E-state index in [4.69, 9.17) is 0 Å². The minimum Gasteiger partial charge on any atom is -0.378 e. The molecule has 0 amide bonds. The van der Waals surface area contributed by atoms with E-state index in [2.05, 4.69) is 91.1 Å². The van der Waals surface area contributed by atoms with E-state index in [1.807, 2.05) is 0 Å². The van der Waals surface area contributed by atoms with E-state index in [1.165, 1.54) is 25.9 Å². The van der Waals surface area contributed by atoms with Crippen LogP contribution < -0.4 is 5.32 Å². The van der Waals surface area contributed by atoms with Crippen molar-refractivity contribution in [3.63, 3.8) is 0 Å². The molecule has 0 radical (unpaired) electrons. The number of anilines is 1. The molecule has 19 heavy (non-hydrogen) atoms. The molecule has 0 saturated carbocycles. The molecular weight excluding hydrogens is 345 g/mol. The Morgan fingerprint density at radius 3 is 2.42 bits per heavy atom. The van der Waals surface area contributed by atoms with Gasteiger partial charge in [-0.05, 0) is 71.7 Å². The highest BCUT2D eigenvalue weighted by Crippen LogP contribution is 2.26. The summed E-state index contributed by atoms with van der Waals surface area (Å²) in [6.07, 6.45) is 1.06. The standard InChI is InChI=1S/C17H20IN/c1-4-14-7-5-6-12(2)17(14)19-13(3)15-8-10-16(18)11-9-15/h5-11,13,19H,4H2,1-3H3. The van der Waals surface area contributed by atoms with Crippen molar-refractivity contribution >= 4 is 28.3 Å². The van der Waals surface area contributed by atoms with E-state index >= 15 is 0 Å². The van der Waals surface area contributed by atoms with E-state index in [1.54, 1.807) is 0 Å². The summed E-state index contributed by atoms with van der Waals surface area (Å²) in [6.45, 7) is 6.59. The summed E-state index contributed by atoms with van der Waals surface area (Å²) < 4.78 is 1.28. The van der Waals surface area contributed by atoms with Crippen LogP contribution in [0.1, 0.15) is 36.6 Å². The van der Waals surface area contributed by atoms with Gasteiger partial charge in [0.15, 0.2) is 0 Å². The predicted octanol–water partition coefficient (Wildman–Crippen LogP) is 5.34. The summed E-state index contributed by atoms with van der Waals surface area (Å²) in [4.78, 5) is 0. The minimum atomic E-state index is 0.323. The van der Waals surface area contributed by atoms with Gasteiger partial charge in [-0.1, -0.05) is 37.3 Å². The first-order valence-electron chi connectivity index (χ1n) is 6.72. The van der Waals surface area contributed by atoms with Crippen LogP contribution in [0.4, 0.5) is 5.69 Å². The lowest BCUT2D eigenvalue weighted by Crippen LogP contribution is -2.09. The Labute approximate surface area is 129 Å². The van der Waals surface area contributed by atoms with Crippen LogP contribution in [-0.4, -0.2) is 0 Å². The van der Waals surface area contributed by atoms with E-state index in [-0.39, 0.29) is 0 Å². The van der Waals surface area contributed by atoms with Crippen LogP contribution in [0, 0.1) is 10.5 Å². The van der Waals surface area contributed by atoms with Crippen molar-refractivity contribution in [2.75, 3.05) is 5.32 Å². The fraction of sp³-hybridized carbons (Fsp3) is 0.294. The molecule has 1 nitrogen and oxygen atoms in total. The fourth-order valence-electron chi connectivity index (χ4n) is 2.28. The number of hydrogen-bond donors (Lipinski definition) is 1. The Hall–Kier alpha value is -1.03. The van der Waals surface area contributed by atoms with Crippen LogP contribution in [-0.2, 0) is 6.42 Å². The number of halogens is 1. The molecule has 0 aliphatic rings. The zero-order valence-electron chi connectivity index (χ0n) is 11.7. The van der Waals surface area contributed by atoms with Gasteiger partial charge in [0.25, 0.3) is 0 Å². The molecule has 100 valence electrons. The van der Waals surface area contributed by atoms with Gasteiger partial charge < -0.3 is 5.32 Å². The number of para-hydroxylation sites is 1. The Kier molecular flexibility index (Phi) is 4.86. The van der Waals surface area contributed by atoms with Crippen molar-refractivity contribution in [2.24, 2.45) is 0 Å². The van der Waals surface area contributed by atoms with Crippen molar-refractivity contribution in [1.29, 1.82) is 0 Å². The molecule has 0 aromatic heterocycles. The number of hydrogen-bond acceptors (Lipinski definition) is 1. The first kappa shape index (κ1) is 14.4. The highest BCUT2D eigenvalue weighted by molar-refractivity contribution is 14.1. The Balaban J connectivity index is 2.23. The molecule has 0 spiro atoms. The maximum Gasteiger partial charge on any atom is 0.0485 e. The third kappa shape index (κ3) is 3.50. The normalized spacial score (nSPS) is 12.2.